The third-order valence-corrected chi connectivity index (χ3v) is 3.35. The Morgan fingerprint density at radius 2 is 1.76 bits per heavy atom. The second kappa shape index (κ2) is 7.26. The van der Waals surface area contributed by atoms with Gasteiger partial charge in [-0.15, -0.1) is 0 Å². The normalized spacial score (nSPS) is 10.1. The number of nitrogens with two attached hydrogens (primary N) is 1. The van der Waals surface area contributed by atoms with Crippen molar-refractivity contribution in [2.24, 2.45) is 0 Å². The topological polar surface area (TPSA) is 118 Å². The molecule has 0 aliphatic carbocycles. The standard InChI is InChI=1S/C17H17N7O/c1-11-6-5-9-13(21-11)22-15-14(18)16(20-10-19-15)23-24-17(25)12-7-3-2-4-8-12/h2-10H,18H2,1H3,(H,24,25)(H2,19,20,21,22,23). The smallest absolute Gasteiger partial charge is 0.269 e. The Hall–Kier alpha value is -3.68. The van der Waals surface area contributed by atoms with Crippen LogP contribution in [0.5, 0.6) is 0 Å². The first-order valence-corrected chi connectivity index (χ1v) is 7.56. The Morgan fingerprint density at radius 1 is 1.00 bits per heavy atom. The van der Waals surface area contributed by atoms with Crippen molar-refractivity contribution in [2.75, 3.05) is 16.5 Å². The molecule has 5 N–H and O–H groups in total. The van der Waals surface area contributed by atoms with Crippen molar-refractivity contribution >= 4 is 29.0 Å². The minimum atomic E-state index is -0.298. The van der Waals surface area contributed by atoms with Crippen LogP contribution >= 0.6 is 0 Å². The van der Waals surface area contributed by atoms with Gasteiger partial charge < -0.3 is 11.1 Å². The number of nitrogen functional groups attached to an aromatic ring is 1. The summed E-state index contributed by atoms with van der Waals surface area (Å²) in [4.78, 5) is 24.5. The molecule has 1 aromatic carbocycles. The second-order valence-corrected chi connectivity index (χ2v) is 5.22. The Morgan fingerprint density at radius 3 is 2.52 bits per heavy atom. The fourth-order valence-corrected chi connectivity index (χ4v) is 2.11. The Balaban J connectivity index is 1.72. The number of benzene rings is 1. The molecule has 0 bridgehead atoms. The molecule has 2 heterocycles. The Bertz CT molecular complexity index is 883. The van der Waals surface area contributed by atoms with Crippen molar-refractivity contribution in [2.45, 2.75) is 6.92 Å². The number of carbonyl (C=O) groups excluding carboxylic acids is 1. The van der Waals surface area contributed by atoms with E-state index in [-0.39, 0.29) is 17.4 Å². The molecule has 0 spiro atoms. The number of nitrogens with zero attached hydrogens (tertiary/aromatic N) is 3. The molecule has 8 nitrogen and oxygen atoms in total. The van der Waals surface area contributed by atoms with E-state index in [1.165, 1.54) is 6.33 Å². The minimum absolute atomic E-state index is 0.263. The molecule has 0 saturated heterocycles. The first-order chi connectivity index (χ1) is 12.1. The van der Waals surface area contributed by atoms with Gasteiger partial charge in [0.25, 0.3) is 5.91 Å². The number of carbonyl (C=O) groups is 1. The number of aromatic nitrogens is 3. The maximum absolute atomic E-state index is 12.1. The molecule has 0 saturated carbocycles. The highest BCUT2D eigenvalue weighted by atomic mass is 16.2. The van der Waals surface area contributed by atoms with Crippen LogP contribution in [0.15, 0.2) is 54.9 Å². The number of rotatable bonds is 5. The molecule has 8 heteroatoms. The first-order valence-electron chi connectivity index (χ1n) is 7.56. The number of hydrogen-bond donors (Lipinski definition) is 4. The van der Waals surface area contributed by atoms with Gasteiger partial charge in [-0.2, -0.15) is 0 Å². The third-order valence-electron chi connectivity index (χ3n) is 3.35. The average Bonchev–Trinajstić information content (AvgIpc) is 2.63. The van der Waals surface area contributed by atoms with Crippen LogP contribution in [0.2, 0.25) is 0 Å². The number of aryl methyl sites for hydroxylation is 1. The van der Waals surface area contributed by atoms with Crippen molar-refractivity contribution in [3.63, 3.8) is 0 Å². The van der Waals surface area contributed by atoms with E-state index in [1.54, 1.807) is 30.3 Å². The highest BCUT2D eigenvalue weighted by Crippen LogP contribution is 2.24. The highest BCUT2D eigenvalue weighted by molar-refractivity contribution is 5.95. The van der Waals surface area contributed by atoms with Crippen LogP contribution in [-0.4, -0.2) is 20.9 Å². The molecule has 0 aliphatic heterocycles. The maximum Gasteiger partial charge on any atom is 0.269 e. The number of anilines is 4. The average molecular weight is 335 g/mol. The molecule has 3 rings (SSSR count). The molecular weight excluding hydrogens is 318 g/mol. The van der Waals surface area contributed by atoms with Crippen molar-refractivity contribution in [3.05, 3.63) is 66.1 Å². The molecule has 25 heavy (non-hydrogen) atoms. The largest absolute Gasteiger partial charge is 0.393 e. The summed E-state index contributed by atoms with van der Waals surface area (Å²) >= 11 is 0. The summed E-state index contributed by atoms with van der Waals surface area (Å²) in [5, 5.41) is 3.03. The van der Waals surface area contributed by atoms with Gasteiger partial charge in [-0.05, 0) is 31.2 Å². The summed E-state index contributed by atoms with van der Waals surface area (Å²) in [6.45, 7) is 1.89. The number of amides is 1. The maximum atomic E-state index is 12.1. The SMILES string of the molecule is Cc1cccc(Nc2ncnc(NNC(=O)c3ccccc3)c2N)n1. The number of pyridine rings is 1. The molecule has 3 aromatic rings. The van der Waals surface area contributed by atoms with Crippen LogP contribution in [0.25, 0.3) is 0 Å². The van der Waals surface area contributed by atoms with E-state index in [4.69, 9.17) is 5.73 Å². The lowest BCUT2D eigenvalue weighted by molar-refractivity contribution is 0.0962. The summed E-state index contributed by atoms with van der Waals surface area (Å²) in [6, 6.07) is 14.4. The van der Waals surface area contributed by atoms with E-state index in [0.29, 0.717) is 17.2 Å². The summed E-state index contributed by atoms with van der Waals surface area (Å²) in [7, 11) is 0. The van der Waals surface area contributed by atoms with Crippen molar-refractivity contribution in [1.82, 2.24) is 20.4 Å². The van der Waals surface area contributed by atoms with E-state index >= 15 is 0 Å². The van der Waals surface area contributed by atoms with Gasteiger partial charge in [0.2, 0.25) is 0 Å². The van der Waals surface area contributed by atoms with Gasteiger partial charge in [0.05, 0.1) is 0 Å². The molecule has 1 amide bonds. The molecule has 0 aliphatic rings. The van der Waals surface area contributed by atoms with E-state index in [1.807, 2.05) is 25.1 Å². The van der Waals surface area contributed by atoms with Gasteiger partial charge in [0, 0.05) is 11.3 Å². The van der Waals surface area contributed by atoms with Gasteiger partial charge in [-0.3, -0.25) is 15.6 Å². The van der Waals surface area contributed by atoms with Crippen LogP contribution in [0.4, 0.5) is 23.1 Å². The number of hydrogen-bond acceptors (Lipinski definition) is 7. The fraction of sp³-hybridized carbons (Fsp3) is 0.0588. The van der Waals surface area contributed by atoms with Gasteiger partial charge in [0.1, 0.15) is 17.8 Å². The van der Waals surface area contributed by atoms with Crippen LogP contribution in [-0.2, 0) is 0 Å². The van der Waals surface area contributed by atoms with E-state index in [2.05, 4.69) is 31.1 Å². The van der Waals surface area contributed by atoms with Gasteiger partial charge >= 0.3 is 0 Å². The van der Waals surface area contributed by atoms with Crippen LogP contribution in [0.3, 0.4) is 0 Å². The molecule has 126 valence electrons. The van der Waals surface area contributed by atoms with Crippen molar-refractivity contribution in [3.8, 4) is 0 Å². The van der Waals surface area contributed by atoms with Crippen molar-refractivity contribution in [1.29, 1.82) is 0 Å². The van der Waals surface area contributed by atoms with Crippen LogP contribution < -0.4 is 21.9 Å². The Labute approximate surface area is 144 Å². The minimum Gasteiger partial charge on any atom is -0.393 e. The zero-order valence-electron chi connectivity index (χ0n) is 13.5. The van der Waals surface area contributed by atoms with E-state index in [9.17, 15) is 4.79 Å². The van der Waals surface area contributed by atoms with Gasteiger partial charge in [0.15, 0.2) is 11.6 Å². The molecule has 0 fully saturated rings. The fourth-order valence-electron chi connectivity index (χ4n) is 2.11. The summed E-state index contributed by atoms with van der Waals surface area (Å²) in [5.74, 6) is 0.997. The summed E-state index contributed by atoms with van der Waals surface area (Å²) < 4.78 is 0. The summed E-state index contributed by atoms with van der Waals surface area (Å²) in [5.41, 5.74) is 13.0. The number of hydrazine groups is 1. The van der Waals surface area contributed by atoms with Gasteiger partial charge in [-0.1, -0.05) is 24.3 Å². The molecule has 0 radical (unpaired) electrons. The lowest BCUT2D eigenvalue weighted by Crippen LogP contribution is -2.30. The zero-order chi connectivity index (χ0) is 17.6. The predicted octanol–water partition coefficient (Wildman–Crippen LogP) is 2.26. The van der Waals surface area contributed by atoms with Crippen LogP contribution in [0.1, 0.15) is 16.1 Å². The van der Waals surface area contributed by atoms with Crippen molar-refractivity contribution < 1.29 is 4.79 Å². The third kappa shape index (κ3) is 3.99. The summed E-state index contributed by atoms with van der Waals surface area (Å²) in [6.07, 6.45) is 1.34. The van der Waals surface area contributed by atoms with Gasteiger partial charge in [-0.25, -0.2) is 15.0 Å². The lowest BCUT2D eigenvalue weighted by Gasteiger charge is -2.13. The van der Waals surface area contributed by atoms with E-state index in [0.717, 1.165) is 5.69 Å². The quantitative estimate of drug-likeness (QED) is 0.528. The highest BCUT2D eigenvalue weighted by Gasteiger charge is 2.10. The van der Waals surface area contributed by atoms with E-state index < -0.39 is 0 Å². The lowest BCUT2D eigenvalue weighted by atomic mass is 10.2. The Kier molecular flexibility index (Phi) is 4.70. The second-order valence-electron chi connectivity index (χ2n) is 5.22. The molecule has 0 unspecified atom stereocenters. The first kappa shape index (κ1) is 16.2. The molecule has 0 atom stereocenters. The molecule has 2 aromatic heterocycles. The predicted molar refractivity (Wildman–Crippen MR) is 96.2 cm³/mol. The molecular formula is C17H17N7O. The zero-order valence-corrected chi connectivity index (χ0v) is 13.5. The van der Waals surface area contributed by atoms with Crippen LogP contribution in [0, 0.1) is 6.92 Å². The number of nitrogens with one attached hydrogen (secondary N) is 3. The monoisotopic (exact) mass is 335 g/mol.